The molecule has 32 heavy (non-hydrogen) atoms. The van der Waals surface area contributed by atoms with Crippen LogP contribution in [0.15, 0.2) is 73.0 Å². The maximum absolute atomic E-state index is 12.1. The molecule has 2 heterocycles. The number of benzene rings is 2. The molecule has 0 saturated carbocycles. The van der Waals surface area contributed by atoms with Gasteiger partial charge in [-0.05, 0) is 30.3 Å². The molecule has 2 aromatic heterocycles. The van der Waals surface area contributed by atoms with Gasteiger partial charge in [0.2, 0.25) is 5.91 Å². The zero-order chi connectivity index (χ0) is 22.7. The van der Waals surface area contributed by atoms with Gasteiger partial charge in [0.25, 0.3) is 0 Å². The fourth-order valence-electron chi connectivity index (χ4n) is 3.10. The van der Waals surface area contributed by atoms with Crippen LogP contribution in [-0.2, 0) is 20.9 Å². The van der Waals surface area contributed by atoms with Crippen LogP contribution in [0.2, 0.25) is 0 Å². The molecule has 0 saturated heterocycles. The normalized spacial score (nSPS) is 10.8. The number of nitrogens with one attached hydrogen (secondary N) is 1. The molecule has 0 unspecified atom stereocenters. The molecule has 4 aromatic rings. The average Bonchev–Trinajstić information content (AvgIpc) is 2.74. The van der Waals surface area contributed by atoms with Crippen molar-refractivity contribution in [3.8, 4) is 5.75 Å². The number of carbonyl (C=O) groups excluding carboxylic acids is 2. The third-order valence-electron chi connectivity index (χ3n) is 4.49. The van der Waals surface area contributed by atoms with Gasteiger partial charge in [0.1, 0.15) is 23.5 Å². The van der Waals surface area contributed by atoms with Gasteiger partial charge in [0.15, 0.2) is 6.61 Å². The van der Waals surface area contributed by atoms with E-state index < -0.39 is 17.2 Å². The summed E-state index contributed by atoms with van der Waals surface area (Å²) in [6.07, 6.45) is 0. The number of ether oxygens (including phenoxy) is 2. The zero-order valence-electron chi connectivity index (χ0n) is 16.9. The maximum Gasteiger partial charge on any atom is 0.344 e. The topological polar surface area (TPSA) is 125 Å². The zero-order valence-corrected chi connectivity index (χ0v) is 16.9. The molecule has 1 amide bonds. The van der Waals surface area contributed by atoms with Gasteiger partial charge in [0, 0.05) is 53.2 Å². The van der Waals surface area contributed by atoms with E-state index in [1.54, 1.807) is 30.3 Å². The smallest absolute Gasteiger partial charge is 0.344 e. The van der Waals surface area contributed by atoms with Crippen LogP contribution < -0.4 is 21.3 Å². The van der Waals surface area contributed by atoms with Crippen molar-refractivity contribution in [1.29, 1.82) is 0 Å². The Morgan fingerprint density at radius 2 is 1.69 bits per heavy atom. The first-order valence-corrected chi connectivity index (χ1v) is 9.54. The Balaban J connectivity index is 1.43. The van der Waals surface area contributed by atoms with Gasteiger partial charge in [-0.15, -0.1) is 0 Å². The molecule has 9 nitrogen and oxygen atoms in total. The fraction of sp³-hybridized carbons (Fsp3) is 0.130. The Hall–Kier alpha value is -4.40. The Morgan fingerprint density at radius 1 is 0.906 bits per heavy atom. The third-order valence-corrected chi connectivity index (χ3v) is 4.49. The van der Waals surface area contributed by atoms with Crippen molar-refractivity contribution in [1.82, 2.24) is 0 Å². The van der Waals surface area contributed by atoms with Gasteiger partial charge in [-0.1, -0.05) is 0 Å². The van der Waals surface area contributed by atoms with E-state index in [4.69, 9.17) is 18.3 Å². The van der Waals surface area contributed by atoms with Crippen molar-refractivity contribution in [3.05, 3.63) is 81.0 Å². The largest absolute Gasteiger partial charge is 0.482 e. The molecule has 0 spiro atoms. The summed E-state index contributed by atoms with van der Waals surface area (Å²) in [5.41, 5.74) is 0.414. The lowest BCUT2D eigenvalue weighted by Gasteiger charge is -2.10. The standard InChI is InChI=1S/C23H17NO8/c1-13(25)24-16-4-6-18-15(8-22(27)32-20(18)9-16)11-30-23(28)12-29-17-5-2-14-3-7-21(26)31-19(14)10-17/h2-10H,11-12H2,1H3,(H,24,25). The molecule has 0 aliphatic heterocycles. The first kappa shape index (κ1) is 20.9. The van der Waals surface area contributed by atoms with Gasteiger partial charge in [-0.25, -0.2) is 14.4 Å². The minimum absolute atomic E-state index is 0.170. The molecule has 0 bridgehead atoms. The number of amides is 1. The first-order valence-electron chi connectivity index (χ1n) is 9.54. The minimum atomic E-state index is -0.657. The second kappa shape index (κ2) is 8.76. The highest BCUT2D eigenvalue weighted by atomic mass is 16.6. The van der Waals surface area contributed by atoms with Crippen molar-refractivity contribution in [2.75, 3.05) is 11.9 Å². The van der Waals surface area contributed by atoms with Crippen LogP contribution in [0, 0.1) is 0 Å². The van der Waals surface area contributed by atoms with Crippen LogP contribution >= 0.6 is 0 Å². The predicted octanol–water partition coefficient (Wildman–Crippen LogP) is 2.98. The lowest BCUT2D eigenvalue weighted by molar-refractivity contribution is -0.147. The second-order valence-corrected chi connectivity index (χ2v) is 6.89. The monoisotopic (exact) mass is 435 g/mol. The van der Waals surface area contributed by atoms with Gasteiger partial charge in [0.05, 0.1) is 0 Å². The molecular weight excluding hydrogens is 418 g/mol. The summed E-state index contributed by atoms with van der Waals surface area (Å²) in [5, 5.41) is 3.89. The number of fused-ring (bicyclic) bond motifs is 2. The summed E-state index contributed by atoms with van der Waals surface area (Å²) in [5.74, 6) is -0.582. The molecule has 0 fully saturated rings. The van der Waals surface area contributed by atoms with Crippen LogP contribution in [0.4, 0.5) is 5.69 Å². The van der Waals surface area contributed by atoms with E-state index in [-0.39, 0.29) is 24.7 Å². The van der Waals surface area contributed by atoms with Crippen LogP contribution in [0.1, 0.15) is 12.5 Å². The Bertz CT molecular complexity index is 1450. The number of hydrogen-bond acceptors (Lipinski definition) is 8. The summed E-state index contributed by atoms with van der Waals surface area (Å²) in [4.78, 5) is 46.6. The van der Waals surface area contributed by atoms with Crippen LogP contribution in [-0.4, -0.2) is 18.5 Å². The van der Waals surface area contributed by atoms with Crippen molar-refractivity contribution in [2.45, 2.75) is 13.5 Å². The molecule has 0 aliphatic rings. The molecule has 0 atom stereocenters. The molecule has 162 valence electrons. The summed E-state index contributed by atoms with van der Waals surface area (Å²) in [6.45, 7) is 0.817. The van der Waals surface area contributed by atoms with Crippen molar-refractivity contribution in [3.63, 3.8) is 0 Å². The van der Waals surface area contributed by atoms with Crippen LogP contribution in [0.5, 0.6) is 5.75 Å². The van der Waals surface area contributed by atoms with Crippen molar-refractivity contribution >= 4 is 39.5 Å². The van der Waals surface area contributed by atoms with Gasteiger partial charge < -0.3 is 23.6 Å². The predicted molar refractivity (Wildman–Crippen MR) is 115 cm³/mol. The van der Waals surface area contributed by atoms with E-state index in [0.717, 1.165) is 5.39 Å². The van der Waals surface area contributed by atoms with E-state index in [1.165, 1.54) is 31.2 Å². The second-order valence-electron chi connectivity index (χ2n) is 6.89. The number of anilines is 1. The maximum atomic E-state index is 12.1. The third kappa shape index (κ3) is 4.84. The number of carbonyl (C=O) groups is 2. The van der Waals surface area contributed by atoms with E-state index in [1.807, 2.05) is 0 Å². The molecule has 0 radical (unpaired) electrons. The quantitative estimate of drug-likeness (QED) is 0.362. The fourth-order valence-corrected chi connectivity index (χ4v) is 3.10. The Labute approximate surface area is 180 Å². The van der Waals surface area contributed by atoms with Gasteiger partial charge in [-0.2, -0.15) is 0 Å². The first-order chi connectivity index (χ1) is 15.4. The molecular formula is C23H17NO8. The molecule has 1 N–H and O–H groups in total. The van der Waals surface area contributed by atoms with Gasteiger partial charge in [-0.3, -0.25) is 4.79 Å². The molecule has 0 aliphatic carbocycles. The van der Waals surface area contributed by atoms with Gasteiger partial charge >= 0.3 is 17.2 Å². The highest BCUT2D eigenvalue weighted by molar-refractivity contribution is 5.92. The Kier molecular flexibility index (Phi) is 5.71. The SMILES string of the molecule is CC(=O)Nc1ccc2c(COC(=O)COc3ccc4ccc(=O)oc4c3)cc(=O)oc2c1. The highest BCUT2D eigenvalue weighted by Gasteiger charge is 2.11. The molecule has 9 heteroatoms. The summed E-state index contributed by atoms with van der Waals surface area (Å²) in [6, 6.07) is 13.8. The molecule has 4 rings (SSSR count). The Morgan fingerprint density at radius 3 is 2.50 bits per heavy atom. The lowest BCUT2D eigenvalue weighted by atomic mass is 10.1. The highest BCUT2D eigenvalue weighted by Crippen LogP contribution is 2.22. The lowest BCUT2D eigenvalue weighted by Crippen LogP contribution is -2.15. The number of hydrogen-bond donors (Lipinski definition) is 1. The van der Waals surface area contributed by atoms with E-state index in [2.05, 4.69) is 5.32 Å². The summed E-state index contributed by atoms with van der Waals surface area (Å²) < 4.78 is 20.9. The minimum Gasteiger partial charge on any atom is -0.482 e. The van der Waals surface area contributed by atoms with Crippen molar-refractivity contribution < 1.29 is 27.9 Å². The van der Waals surface area contributed by atoms with E-state index >= 15 is 0 Å². The number of rotatable bonds is 6. The molecule has 2 aromatic carbocycles. The van der Waals surface area contributed by atoms with E-state index in [0.29, 0.717) is 28.0 Å². The van der Waals surface area contributed by atoms with Crippen LogP contribution in [0.25, 0.3) is 21.9 Å². The summed E-state index contributed by atoms with van der Waals surface area (Å²) in [7, 11) is 0. The summed E-state index contributed by atoms with van der Waals surface area (Å²) >= 11 is 0. The number of esters is 1. The van der Waals surface area contributed by atoms with E-state index in [9.17, 15) is 19.2 Å². The van der Waals surface area contributed by atoms with Crippen molar-refractivity contribution in [2.24, 2.45) is 0 Å². The van der Waals surface area contributed by atoms with Crippen LogP contribution in [0.3, 0.4) is 0 Å². The average molecular weight is 435 g/mol.